The Labute approximate surface area is 121 Å². The minimum Gasteiger partial charge on any atom is -0.327 e. The first kappa shape index (κ1) is 13.1. The number of hydrogen-bond donors (Lipinski definition) is 0. The van der Waals surface area contributed by atoms with Gasteiger partial charge in [-0.1, -0.05) is 25.1 Å². The first-order valence-corrected chi connectivity index (χ1v) is 7.49. The fourth-order valence-corrected chi connectivity index (χ4v) is 3.29. The highest BCUT2D eigenvalue weighted by Crippen LogP contribution is 2.24. The molecule has 1 aromatic heterocycles. The quantitative estimate of drug-likeness (QED) is 0.809. The van der Waals surface area contributed by atoms with Gasteiger partial charge in [-0.15, -0.1) is 11.3 Å². The number of rotatable bonds is 4. The highest BCUT2D eigenvalue weighted by molar-refractivity contribution is 7.14. The van der Waals surface area contributed by atoms with Gasteiger partial charge in [0.2, 0.25) is 0 Å². The number of hydrogen-bond acceptors (Lipinski definition) is 3. The predicted molar refractivity (Wildman–Crippen MR) is 79.2 cm³/mol. The number of ketones is 1. The summed E-state index contributed by atoms with van der Waals surface area (Å²) in [4.78, 5) is 28.0. The van der Waals surface area contributed by atoms with Gasteiger partial charge in [0.25, 0.3) is 5.91 Å². The molecule has 0 bridgehead atoms. The molecular weight excluding hydrogens is 270 g/mol. The Bertz CT molecular complexity index is 675. The van der Waals surface area contributed by atoms with Crippen molar-refractivity contribution in [3.63, 3.8) is 0 Å². The van der Waals surface area contributed by atoms with Gasteiger partial charge in [0.1, 0.15) is 0 Å². The molecule has 1 amide bonds. The summed E-state index contributed by atoms with van der Waals surface area (Å²) < 4.78 is 0. The smallest absolute Gasteiger partial charge is 0.254 e. The molecule has 4 heteroatoms. The molecule has 20 heavy (non-hydrogen) atoms. The summed E-state index contributed by atoms with van der Waals surface area (Å²) in [5, 5.41) is 0. The van der Waals surface area contributed by atoms with Crippen LogP contribution in [0.4, 0.5) is 0 Å². The molecule has 1 aliphatic rings. The molecule has 3 nitrogen and oxygen atoms in total. The van der Waals surface area contributed by atoms with Crippen LogP contribution in [0, 0.1) is 0 Å². The summed E-state index contributed by atoms with van der Waals surface area (Å²) in [6, 6.07) is 11.4. The van der Waals surface area contributed by atoms with E-state index in [1.54, 1.807) is 4.90 Å². The standard InChI is InChI=1S/C16H15NO2S/c1-2-12-7-8-15(20-12)14(18)10-17-9-11-5-3-4-6-13(11)16(17)19/h3-8H,2,9-10H2,1H3. The Morgan fingerprint density at radius 3 is 2.75 bits per heavy atom. The monoisotopic (exact) mass is 285 g/mol. The van der Waals surface area contributed by atoms with E-state index in [9.17, 15) is 9.59 Å². The molecule has 2 heterocycles. The molecule has 3 rings (SSSR count). The molecule has 0 spiro atoms. The second kappa shape index (κ2) is 5.21. The van der Waals surface area contributed by atoms with Gasteiger partial charge >= 0.3 is 0 Å². The van der Waals surface area contributed by atoms with Crippen molar-refractivity contribution in [1.29, 1.82) is 0 Å². The van der Waals surface area contributed by atoms with Crippen molar-refractivity contribution in [2.45, 2.75) is 19.9 Å². The highest BCUT2D eigenvalue weighted by atomic mass is 32.1. The molecule has 102 valence electrons. The molecule has 0 saturated carbocycles. The van der Waals surface area contributed by atoms with Crippen molar-refractivity contribution >= 4 is 23.0 Å². The van der Waals surface area contributed by atoms with E-state index >= 15 is 0 Å². The number of carbonyl (C=O) groups is 2. The van der Waals surface area contributed by atoms with E-state index < -0.39 is 0 Å². The Kier molecular flexibility index (Phi) is 3.40. The van der Waals surface area contributed by atoms with Crippen LogP contribution in [-0.2, 0) is 13.0 Å². The molecular formula is C16H15NO2S. The lowest BCUT2D eigenvalue weighted by atomic mass is 10.1. The van der Waals surface area contributed by atoms with Crippen molar-refractivity contribution in [2.75, 3.05) is 6.54 Å². The van der Waals surface area contributed by atoms with Crippen LogP contribution in [0.2, 0.25) is 0 Å². The second-order valence-electron chi connectivity index (χ2n) is 4.86. The highest BCUT2D eigenvalue weighted by Gasteiger charge is 2.28. The fourth-order valence-electron chi connectivity index (χ4n) is 2.41. The van der Waals surface area contributed by atoms with Gasteiger partial charge in [0.05, 0.1) is 11.4 Å². The fraction of sp³-hybridized carbons (Fsp3) is 0.250. The first-order valence-electron chi connectivity index (χ1n) is 6.68. The number of fused-ring (bicyclic) bond motifs is 1. The van der Waals surface area contributed by atoms with E-state index in [2.05, 4.69) is 6.92 Å². The number of nitrogens with zero attached hydrogens (tertiary/aromatic N) is 1. The zero-order valence-corrected chi connectivity index (χ0v) is 12.1. The Morgan fingerprint density at radius 1 is 1.25 bits per heavy atom. The molecule has 1 aliphatic heterocycles. The maximum Gasteiger partial charge on any atom is 0.254 e. The third-order valence-corrected chi connectivity index (χ3v) is 4.79. The predicted octanol–water partition coefficient (Wildman–Crippen LogP) is 3.15. The van der Waals surface area contributed by atoms with E-state index in [0.29, 0.717) is 6.54 Å². The largest absolute Gasteiger partial charge is 0.327 e. The van der Waals surface area contributed by atoms with Crippen LogP contribution in [0.25, 0.3) is 0 Å². The van der Waals surface area contributed by atoms with Crippen LogP contribution in [-0.4, -0.2) is 23.1 Å². The summed E-state index contributed by atoms with van der Waals surface area (Å²) >= 11 is 1.52. The molecule has 2 aromatic rings. The van der Waals surface area contributed by atoms with Gasteiger partial charge in [-0.2, -0.15) is 0 Å². The number of thiophene rings is 1. The lowest BCUT2D eigenvalue weighted by Gasteiger charge is -2.13. The summed E-state index contributed by atoms with van der Waals surface area (Å²) in [6.07, 6.45) is 0.937. The summed E-state index contributed by atoms with van der Waals surface area (Å²) in [5.74, 6) is -0.0166. The maximum absolute atomic E-state index is 12.2. The van der Waals surface area contributed by atoms with Crippen LogP contribution in [0.5, 0.6) is 0 Å². The minimum absolute atomic E-state index is 0.0239. The third kappa shape index (κ3) is 2.27. The van der Waals surface area contributed by atoms with Crippen LogP contribution < -0.4 is 0 Å². The van der Waals surface area contributed by atoms with Crippen molar-refractivity contribution in [1.82, 2.24) is 4.90 Å². The van der Waals surface area contributed by atoms with Gasteiger partial charge < -0.3 is 4.90 Å². The zero-order valence-electron chi connectivity index (χ0n) is 11.3. The number of amides is 1. The second-order valence-corrected chi connectivity index (χ2v) is 6.03. The Morgan fingerprint density at radius 2 is 2.05 bits per heavy atom. The van der Waals surface area contributed by atoms with Crippen LogP contribution in [0.1, 0.15) is 37.4 Å². The molecule has 0 fully saturated rings. The summed E-state index contributed by atoms with van der Waals surface area (Å²) in [7, 11) is 0. The molecule has 0 atom stereocenters. The van der Waals surface area contributed by atoms with E-state index in [4.69, 9.17) is 0 Å². The molecule has 0 aliphatic carbocycles. The number of Topliss-reactive ketones (excluding diaryl/α,β-unsaturated/α-hetero) is 1. The van der Waals surface area contributed by atoms with Crippen molar-refractivity contribution in [3.8, 4) is 0 Å². The minimum atomic E-state index is -0.0405. The average Bonchev–Trinajstić information content (AvgIpc) is 3.05. The molecule has 0 radical (unpaired) electrons. The lowest BCUT2D eigenvalue weighted by molar-refractivity contribution is 0.0730. The number of benzene rings is 1. The molecule has 1 aromatic carbocycles. The van der Waals surface area contributed by atoms with Gasteiger partial charge in [0.15, 0.2) is 5.78 Å². The average molecular weight is 285 g/mol. The van der Waals surface area contributed by atoms with E-state index in [1.807, 2.05) is 36.4 Å². The summed E-state index contributed by atoms with van der Waals surface area (Å²) in [6.45, 7) is 2.77. The van der Waals surface area contributed by atoms with Crippen LogP contribution >= 0.6 is 11.3 Å². The summed E-state index contributed by atoms with van der Waals surface area (Å²) in [5.41, 5.74) is 1.73. The number of aryl methyl sites for hydroxylation is 1. The Hall–Kier alpha value is -1.94. The Balaban J connectivity index is 1.74. The molecule has 0 saturated heterocycles. The normalized spacial score (nSPS) is 13.7. The zero-order chi connectivity index (χ0) is 14.1. The molecule has 0 N–H and O–H groups in total. The number of carbonyl (C=O) groups excluding carboxylic acids is 2. The first-order chi connectivity index (χ1) is 9.69. The van der Waals surface area contributed by atoms with E-state index in [1.165, 1.54) is 16.2 Å². The van der Waals surface area contributed by atoms with Crippen molar-refractivity contribution < 1.29 is 9.59 Å². The van der Waals surface area contributed by atoms with Gasteiger partial charge in [-0.05, 0) is 30.2 Å². The van der Waals surface area contributed by atoms with Gasteiger partial charge in [0, 0.05) is 17.0 Å². The molecule has 0 unspecified atom stereocenters. The van der Waals surface area contributed by atoms with Gasteiger partial charge in [-0.3, -0.25) is 9.59 Å². The topological polar surface area (TPSA) is 37.4 Å². The van der Waals surface area contributed by atoms with Crippen LogP contribution in [0.3, 0.4) is 0 Å². The third-order valence-electron chi connectivity index (χ3n) is 3.52. The van der Waals surface area contributed by atoms with Crippen molar-refractivity contribution in [3.05, 3.63) is 57.3 Å². The van der Waals surface area contributed by atoms with E-state index in [0.717, 1.165) is 22.4 Å². The van der Waals surface area contributed by atoms with Gasteiger partial charge in [-0.25, -0.2) is 0 Å². The van der Waals surface area contributed by atoms with Crippen LogP contribution in [0.15, 0.2) is 36.4 Å². The lowest BCUT2D eigenvalue weighted by Crippen LogP contribution is -2.29. The maximum atomic E-state index is 12.2. The SMILES string of the molecule is CCc1ccc(C(=O)CN2Cc3ccccc3C2=O)s1. The van der Waals surface area contributed by atoms with Crippen molar-refractivity contribution in [2.24, 2.45) is 0 Å². The van der Waals surface area contributed by atoms with E-state index in [-0.39, 0.29) is 18.2 Å².